The molecule has 1 aliphatic rings. The first-order chi connectivity index (χ1) is 14.4. The van der Waals surface area contributed by atoms with E-state index < -0.39 is 24.8 Å². The molecule has 0 spiro atoms. The van der Waals surface area contributed by atoms with Gasteiger partial charge in [0.15, 0.2) is 18.1 Å². The molecule has 10 heteroatoms. The van der Waals surface area contributed by atoms with E-state index in [0.29, 0.717) is 12.8 Å². The summed E-state index contributed by atoms with van der Waals surface area (Å²) >= 11 is 1.58. The lowest BCUT2D eigenvalue weighted by atomic mass is 10.2. The first-order valence-electron chi connectivity index (χ1n) is 9.08. The molecule has 7 nitrogen and oxygen atoms in total. The molecule has 0 fully saturated rings. The normalized spacial score (nSPS) is 13.9. The van der Waals surface area contributed by atoms with Gasteiger partial charge >= 0.3 is 12.3 Å². The molecule has 0 atom stereocenters. The number of hydrogen-bond donors (Lipinski definition) is 1. The van der Waals surface area contributed by atoms with Crippen molar-refractivity contribution in [3.8, 4) is 11.5 Å². The second-order valence-electron chi connectivity index (χ2n) is 6.47. The number of anilines is 1. The fraction of sp³-hybridized carbons (Fsp3) is 0.250. The van der Waals surface area contributed by atoms with Crippen LogP contribution < -0.4 is 14.8 Å². The summed E-state index contributed by atoms with van der Waals surface area (Å²) in [6.07, 6.45) is -2.38. The van der Waals surface area contributed by atoms with Crippen molar-refractivity contribution in [3.63, 3.8) is 0 Å². The number of alkyl halides is 2. The number of aryl methyl sites for hydroxylation is 1. The molecule has 1 amide bonds. The number of carbonyl (C=O) groups is 2. The number of aromatic nitrogens is 1. The van der Waals surface area contributed by atoms with Gasteiger partial charge < -0.3 is 19.5 Å². The molecule has 1 aliphatic heterocycles. The summed E-state index contributed by atoms with van der Waals surface area (Å²) in [5.41, 5.74) is 1.15. The summed E-state index contributed by atoms with van der Waals surface area (Å²) < 4.78 is 40.7. The van der Waals surface area contributed by atoms with Gasteiger partial charge in [0.05, 0.1) is 15.2 Å². The van der Waals surface area contributed by atoms with Gasteiger partial charge in [-0.2, -0.15) is 0 Å². The van der Waals surface area contributed by atoms with E-state index in [4.69, 9.17) is 4.74 Å². The zero-order valence-electron chi connectivity index (χ0n) is 15.5. The van der Waals surface area contributed by atoms with Crippen molar-refractivity contribution in [1.82, 2.24) is 4.98 Å². The number of nitrogens with zero attached hydrogens (tertiary/aromatic N) is 1. The first-order valence-corrected chi connectivity index (χ1v) is 9.89. The average Bonchev–Trinajstić information content (AvgIpc) is 3.24. The van der Waals surface area contributed by atoms with Gasteiger partial charge in [-0.3, -0.25) is 9.59 Å². The van der Waals surface area contributed by atoms with Crippen LogP contribution in [0.5, 0.6) is 11.5 Å². The molecule has 156 valence electrons. The maximum Gasteiger partial charge on any atom is 0.586 e. The second-order valence-corrected chi connectivity index (χ2v) is 7.58. The van der Waals surface area contributed by atoms with Gasteiger partial charge in [0.25, 0.3) is 5.91 Å². The topological polar surface area (TPSA) is 86.8 Å². The summed E-state index contributed by atoms with van der Waals surface area (Å²) in [4.78, 5) is 28.3. The molecule has 3 aromatic rings. The van der Waals surface area contributed by atoms with E-state index in [1.54, 1.807) is 11.3 Å². The quantitative estimate of drug-likeness (QED) is 0.563. The van der Waals surface area contributed by atoms with Crippen molar-refractivity contribution in [2.45, 2.75) is 25.6 Å². The summed E-state index contributed by atoms with van der Waals surface area (Å²) in [6.45, 7) is -0.482. The van der Waals surface area contributed by atoms with E-state index in [1.807, 2.05) is 24.3 Å². The van der Waals surface area contributed by atoms with Crippen LogP contribution in [0.3, 0.4) is 0 Å². The van der Waals surface area contributed by atoms with Crippen LogP contribution >= 0.6 is 11.3 Å². The van der Waals surface area contributed by atoms with Crippen molar-refractivity contribution >= 4 is 39.1 Å². The highest BCUT2D eigenvalue weighted by Gasteiger charge is 2.43. The lowest BCUT2D eigenvalue weighted by Crippen LogP contribution is -2.25. The minimum Gasteiger partial charge on any atom is -0.456 e. The molecule has 0 radical (unpaired) electrons. The summed E-state index contributed by atoms with van der Waals surface area (Å²) in [5, 5.41) is 3.39. The average molecular weight is 434 g/mol. The zero-order valence-corrected chi connectivity index (χ0v) is 16.3. The number of benzene rings is 2. The number of halogens is 2. The Morgan fingerprint density at radius 1 is 1.13 bits per heavy atom. The number of ether oxygens (including phenoxy) is 3. The fourth-order valence-electron chi connectivity index (χ4n) is 2.85. The molecule has 2 heterocycles. The number of thiazole rings is 1. The van der Waals surface area contributed by atoms with Gasteiger partial charge in [-0.1, -0.05) is 12.1 Å². The van der Waals surface area contributed by atoms with Crippen molar-refractivity contribution in [2.75, 3.05) is 11.9 Å². The molecule has 0 unspecified atom stereocenters. The molecule has 1 aromatic heterocycles. The number of fused-ring (bicyclic) bond motifs is 2. The number of hydrogen-bond acceptors (Lipinski definition) is 7. The zero-order chi connectivity index (χ0) is 21.1. The Hall–Kier alpha value is -3.27. The van der Waals surface area contributed by atoms with Gasteiger partial charge in [0.1, 0.15) is 0 Å². The third-order valence-electron chi connectivity index (χ3n) is 4.16. The SMILES string of the molecule is O=C(COC(=O)CCCc1nc2ccccc2s1)Nc1ccc2c(c1)OC(F)(F)O2. The Kier molecular flexibility index (Phi) is 5.49. The Labute approximate surface area is 173 Å². The maximum atomic E-state index is 13.0. The van der Waals surface area contributed by atoms with E-state index in [9.17, 15) is 18.4 Å². The van der Waals surface area contributed by atoms with E-state index in [-0.39, 0.29) is 23.6 Å². The van der Waals surface area contributed by atoms with Gasteiger partial charge in [-0.25, -0.2) is 4.98 Å². The number of rotatable bonds is 7. The Bertz CT molecular complexity index is 1070. The summed E-state index contributed by atoms with van der Waals surface area (Å²) in [6, 6.07) is 11.6. The van der Waals surface area contributed by atoms with Crippen molar-refractivity contribution in [1.29, 1.82) is 0 Å². The molecular formula is C20H16F2N2O5S. The molecule has 0 saturated carbocycles. The van der Waals surface area contributed by atoms with Crippen LogP contribution in [0.15, 0.2) is 42.5 Å². The molecule has 0 aliphatic carbocycles. The highest BCUT2D eigenvalue weighted by molar-refractivity contribution is 7.18. The van der Waals surface area contributed by atoms with Crippen molar-refractivity contribution < 1.29 is 32.6 Å². The van der Waals surface area contributed by atoms with Crippen LogP contribution in [-0.4, -0.2) is 29.8 Å². The highest BCUT2D eigenvalue weighted by atomic mass is 32.1. The summed E-state index contributed by atoms with van der Waals surface area (Å²) in [5.74, 6) is -1.42. The van der Waals surface area contributed by atoms with Crippen LogP contribution in [0.4, 0.5) is 14.5 Å². The van der Waals surface area contributed by atoms with E-state index in [2.05, 4.69) is 19.8 Å². The highest BCUT2D eigenvalue weighted by Crippen LogP contribution is 2.42. The molecule has 0 saturated heterocycles. The number of para-hydroxylation sites is 1. The fourth-order valence-corrected chi connectivity index (χ4v) is 3.86. The largest absolute Gasteiger partial charge is 0.586 e. The monoisotopic (exact) mass is 434 g/mol. The lowest BCUT2D eigenvalue weighted by Gasteiger charge is -2.07. The third-order valence-corrected chi connectivity index (χ3v) is 5.26. The second kappa shape index (κ2) is 8.23. The van der Waals surface area contributed by atoms with Gasteiger partial charge in [-0.05, 0) is 37.1 Å². The smallest absolute Gasteiger partial charge is 0.456 e. The Balaban J connectivity index is 1.19. The van der Waals surface area contributed by atoms with E-state index >= 15 is 0 Å². The standard InChI is InChI=1S/C20H16F2N2O5S/c21-20(22)28-14-9-8-12(10-15(14)29-20)23-17(25)11-27-19(26)7-3-6-18-24-13-4-1-2-5-16(13)30-18/h1-2,4-5,8-10H,3,6-7,11H2,(H,23,25). The summed E-state index contributed by atoms with van der Waals surface area (Å²) in [7, 11) is 0. The van der Waals surface area contributed by atoms with Crippen LogP contribution in [0, 0.1) is 0 Å². The van der Waals surface area contributed by atoms with Crippen molar-refractivity contribution in [3.05, 3.63) is 47.5 Å². The minimum absolute atomic E-state index is 0.127. The number of carbonyl (C=O) groups excluding carboxylic acids is 2. The molecule has 30 heavy (non-hydrogen) atoms. The van der Waals surface area contributed by atoms with Gasteiger partial charge in [0, 0.05) is 18.2 Å². The molecule has 1 N–H and O–H groups in total. The first kappa shape index (κ1) is 20.0. The lowest BCUT2D eigenvalue weighted by molar-refractivity contribution is -0.286. The molecule has 0 bridgehead atoms. The van der Waals surface area contributed by atoms with Crippen LogP contribution in [0.2, 0.25) is 0 Å². The van der Waals surface area contributed by atoms with E-state index in [1.165, 1.54) is 18.2 Å². The molecule has 4 rings (SSSR count). The van der Waals surface area contributed by atoms with Gasteiger partial charge in [-0.15, -0.1) is 20.1 Å². The predicted octanol–water partition coefficient (Wildman–Crippen LogP) is 4.12. The van der Waals surface area contributed by atoms with E-state index in [0.717, 1.165) is 15.2 Å². The number of esters is 1. The molecular weight excluding hydrogens is 418 g/mol. The van der Waals surface area contributed by atoms with Crippen LogP contribution in [0.25, 0.3) is 10.2 Å². The number of nitrogens with one attached hydrogen (secondary N) is 1. The van der Waals surface area contributed by atoms with Crippen molar-refractivity contribution in [2.24, 2.45) is 0 Å². The van der Waals surface area contributed by atoms with Crippen LogP contribution in [-0.2, 0) is 20.7 Å². The van der Waals surface area contributed by atoms with Gasteiger partial charge in [0.2, 0.25) is 0 Å². The predicted molar refractivity (Wildman–Crippen MR) is 105 cm³/mol. The molecule has 2 aromatic carbocycles. The maximum absolute atomic E-state index is 13.0. The minimum atomic E-state index is -3.73. The van der Waals surface area contributed by atoms with Crippen LogP contribution in [0.1, 0.15) is 17.8 Å². The Morgan fingerprint density at radius 3 is 2.77 bits per heavy atom. The number of amides is 1. The Morgan fingerprint density at radius 2 is 1.93 bits per heavy atom. The third kappa shape index (κ3) is 4.82.